The second kappa shape index (κ2) is 12.0. The van der Waals surface area contributed by atoms with Gasteiger partial charge in [0.1, 0.15) is 16.9 Å². The average Bonchev–Trinajstić information content (AvgIpc) is 3.59. The Morgan fingerprint density at radius 2 is 0.942 bits per heavy atom. The van der Waals surface area contributed by atoms with Gasteiger partial charge in [-0.25, -0.2) is 15.0 Å². The first kappa shape index (κ1) is 29.8. The van der Waals surface area contributed by atoms with Crippen LogP contribution in [0.25, 0.3) is 99.9 Å². The summed E-state index contributed by atoms with van der Waals surface area (Å²) in [6.45, 7) is 0. The largest absolute Gasteiger partial charge is 0.507 e. The fourth-order valence-electron chi connectivity index (χ4n) is 7.37. The van der Waals surface area contributed by atoms with E-state index >= 15 is 0 Å². The molecule has 1 N–H and O–H groups in total. The minimum absolute atomic E-state index is 0.148. The topological polar surface area (TPSA) is 72.0 Å². The summed E-state index contributed by atoms with van der Waals surface area (Å²) >= 11 is 0. The summed E-state index contributed by atoms with van der Waals surface area (Å²) in [5.41, 5.74) is 7.21. The van der Waals surface area contributed by atoms with Crippen LogP contribution in [0.1, 0.15) is 0 Å². The lowest BCUT2D eigenvalue weighted by atomic mass is 9.92. The summed E-state index contributed by atoms with van der Waals surface area (Å²) in [5, 5.41) is 18.8. The average molecular weight is 668 g/mol. The van der Waals surface area contributed by atoms with E-state index in [4.69, 9.17) is 19.4 Å². The van der Waals surface area contributed by atoms with E-state index in [1.807, 2.05) is 103 Å². The third-order valence-electron chi connectivity index (χ3n) is 9.85. The third kappa shape index (κ3) is 4.90. The van der Waals surface area contributed by atoms with Crippen LogP contribution in [0.4, 0.5) is 0 Å². The molecule has 244 valence electrons. The number of para-hydroxylation sites is 1. The van der Waals surface area contributed by atoms with Gasteiger partial charge in [0.2, 0.25) is 0 Å². The quantitative estimate of drug-likeness (QED) is 0.185. The fraction of sp³-hybridized carbons (Fsp3) is 0. The molecule has 0 aliphatic carbocycles. The number of phenolic OH excluding ortho intramolecular Hbond substituents is 1. The van der Waals surface area contributed by atoms with E-state index in [9.17, 15) is 5.11 Å². The standard InChI is InChI=1S/C47H29N3O2/c51-44-34(32-23-26-42-39(27-32)37-21-11-12-22-41(37)52-42)24-25-38(43(44)29-13-3-1-4-14-29)46-48-45(30-15-5-2-6-16-30)49-47(50-46)40-28-31-17-7-8-18-33(31)35-19-9-10-20-36(35)40/h1-28,51H. The van der Waals surface area contributed by atoms with Gasteiger partial charge in [-0.1, -0.05) is 133 Å². The van der Waals surface area contributed by atoms with Gasteiger partial charge in [-0.05, 0) is 69.1 Å². The number of phenols is 1. The van der Waals surface area contributed by atoms with E-state index in [1.54, 1.807) is 0 Å². The molecule has 0 radical (unpaired) electrons. The van der Waals surface area contributed by atoms with E-state index in [1.165, 1.54) is 5.39 Å². The van der Waals surface area contributed by atoms with E-state index in [2.05, 4.69) is 66.7 Å². The Bertz CT molecular complexity index is 2970. The van der Waals surface area contributed by atoms with Gasteiger partial charge in [0, 0.05) is 38.6 Å². The highest BCUT2D eigenvalue weighted by Crippen LogP contribution is 2.45. The second-order valence-corrected chi connectivity index (χ2v) is 12.9. The number of benzene rings is 8. The molecule has 2 aromatic heterocycles. The molecular weight excluding hydrogens is 639 g/mol. The Kier molecular flexibility index (Phi) is 6.89. The smallest absolute Gasteiger partial charge is 0.164 e. The summed E-state index contributed by atoms with van der Waals surface area (Å²) in [4.78, 5) is 15.4. The number of nitrogens with zero attached hydrogens (tertiary/aromatic N) is 3. The maximum absolute atomic E-state index is 12.3. The molecule has 0 aliphatic rings. The molecule has 0 unspecified atom stereocenters. The molecule has 0 saturated heterocycles. The van der Waals surface area contributed by atoms with Crippen molar-refractivity contribution in [1.82, 2.24) is 15.0 Å². The molecule has 0 atom stereocenters. The zero-order chi connectivity index (χ0) is 34.6. The Balaban J connectivity index is 1.23. The molecule has 2 heterocycles. The van der Waals surface area contributed by atoms with Gasteiger partial charge >= 0.3 is 0 Å². The SMILES string of the molecule is Oc1c(-c2ccc3oc4ccccc4c3c2)ccc(-c2nc(-c3ccccc3)nc(-c3cc4ccccc4c4ccccc34)n2)c1-c1ccccc1. The van der Waals surface area contributed by atoms with Crippen LogP contribution in [-0.2, 0) is 0 Å². The first-order valence-electron chi connectivity index (χ1n) is 17.3. The van der Waals surface area contributed by atoms with Crippen LogP contribution in [0.15, 0.2) is 174 Å². The summed E-state index contributed by atoms with van der Waals surface area (Å²) in [6.07, 6.45) is 0. The highest BCUT2D eigenvalue weighted by Gasteiger charge is 2.22. The zero-order valence-electron chi connectivity index (χ0n) is 27.9. The van der Waals surface area contributed by atoms with Gasteiger partial charge in [-0.3, -0.25) is 0 Å². The van der Waals surface area contributed by atoms with Crippen LogP contribution in [0.5, 0.6) is 5.75 Å². The third-order valence-corrected chi connectivity index (χ3v) is 9.85. The Morgan fingerprint density at radius 1 is 0.365 bits per heavy atom. The van der Waals surface area contributed by atoms with Crippen LogP contribution in [0.3, 0.4) is 0 Å². The zero-order valence-corrected chi connectivity index (χ0v) is 27.9. The van der Waals surface area contributed by atoms with Crippen LogP contribution >= 0.6 is 0 Å². The molecule has 0 fully saturated rings. The van der Waals surface area contributed by atoms with Crippen molar-refractivity contribution >= 4 is 43.5 Å². The molecule has 0 aliphatic heterocycles. The molecule has 0 amide bonds. The Morgan fingerprint density at radius 3 is 1.73 bits per heavy atom. The monoisotopic (exact) mass is 667 g/mol. The number of aromatic nitrogens is 3. The van der Waals surface area contributed by atoms with Gasteiger partial charge in [-0.2, -0.15) is 0 Å². The number of furan rings is 1. The second-order valence-electron chi connectivity index (χ2n) is 12.9. The maximum atomic E-state index is 12.3. The van der Waals surface area contributed by atoms with Crippen molar-refractivity contribution in [3.63, 3.8) is 0 Å². The van der Waals surface area contributed by atoms with E-state index in [0.717, 1.165) is 60.4 Å². The van der Waals surface area contributed by atoms with Gasteiger partial charge in [0.05, 0.1) is 0 Å². The Labute approximate surface area is 299 Å². The van der Waals surface area contributed by atoms with Crippen molar-refractivity contribution in [3.05, 3.63) is 170 Å². The molecule has 0 spiro atoms. The molecule has 52 heavy (non-hydrogen) atoms. The van der Waals surface area contributed by atoms with Crippen molar-refractivity contribution < 1.29 is 9.52 Å². The number of rotatable bonds is 5. The van der Waals surface area contributed by atoms with E-state index in [0.29, 0.717) is 34.2 Å². The van der Waals surface area contributed by atoms with Gasteiger partial charge < -0.3 is 9.52 Å². The fourth-order valence-corrected chi connectivity index (χ4v) is 7.37. The number of aromatic hydroxyl groups is 1. The molecule has 10 rings (SSSR count). The number of fused-ring (bicyclic) bond motifs is 6. The summed E-state index contributed by atoms with van der Waals surface area (Å²) in [5.74, 6) is 1.73. The molecular formula is C47H29N3O2. The molecule has 8 aromatic carbocycles. The summed E-state index contributed by atoms with van der Waals surface area (Å²) < 4.78 is 6.10. The minimum atomic E-state index is 0.148. The highest BCUT2D eigenvalue weighted by atomic mass is 16.3. The molecule has 0 saturated carbocycles. The summed E-state index contributed by atoms with van der Waals surface area (Å²) in [6, 6.07) is 56.9. The van der Waals surface area contributed by atoms with Gasteiger partial charge in [0.15, 0.2) is 17.5 Å². The van der Waals surface area contributed by atoms with E-state index < -0.39 is 0 Å². The van der Waals surface area contributed by atoms with Crippen molar-refractivity contribution in [2.45, 2.75) is 0 Å². The van der Waals surface area contributed by atoms with Crippen molar-refractivity contribution in [2.75, 3.05) is 0 Å². The minimum Gasteiger partial charge on any atom is -0.507 e. The van der Waals surface area contributed by atoms with Gasteiger partial charge in [-0.15, -0.1) is 0 Å². The van der Waals surface area contributed by atoms with Crippen molar-refractivity contribution in [2.24, 2.45) is 0 Å². The van der Waals surface area contributed by atoms with Crippen LogP contribution in [0.2, 0.25) is 0 Å². The highest BCUT2D eigenvalue weighted by molar-refractivity contribution is 6.13. The molecule has 0 bridgehead atoms. The lowest BCUT2D eigenvalue weighted by Gasteiger charge is -2.17. The lowest BCUT2D eigenvalue weighted by molar-refractivity contribution is 0.479. The Hall–Kier alpha value is -7.11. The summed E-state index contributed by atoms with van der Waals surface area (Å²) in [7, 11) is 0. The normalized spacial score (nSPS) is 11.5. The van der Waals surface area contributed by atoms with E-state index in [-0.39, 0.29) is 5.75 Å². The predicted molar refractivity (Wildman–Crippen MR) is 211 cm³/mol. The number of hydrogen-bond donors (Lipinski definition) is 1. The molecule has 5 nitrogen and oxygen atoms in total. The first-order valence-corrected chi connectivity index (χ1v) is 17.3. The van der Waals surface area contributed by atoms with Gasteiger partial charge in [0.25, 0.3) is 0 Å². The van der Waals surface area contributed by atoms with Crippen molar-refractivity contribution in [3.8, 4) is 62.2 Å². The van der Waals surface area contributed by atoms with Crippen LogP contribution < -0.4 is 0 Å². The van der Waals surface area contributed by atoms with Crippen molar-refractivity contribution in [1.29, 1.82) is 0 Å². The molecule has 5 heteroatoms. The maximum Gasteiger partial charge on any atom is 0.164 e. The molecule has 10 aromatic rings. The van der Waals surface area contributed by atoms with Crippen LogP contribution in [0, 0.1) is 0 Å². The predicted octanol–water partition coefficient (Wildman–Crippen LogP) is 12.1. The first-order chi connectivity index (χ1) is 25.7. The van der Waals surface area contributed by atoms with Crippen LogP contribution in [-0.4, -0.2) is 20.1 Å². The number of hydrogen-bond acceptors (Lipinski definition) is 5. The lowest BCUT2D eigenvalue weighted by Crippen LogP contribution is -2.02.